The molecule has 0 bridgehead atoms. The molecule has 0 aromatic heterocycles. The number of hydrogen-bond acceptors (Lipinski definition) is 0. The van der Waals surface area contributed by atoms with E-state index in [9.17, 15) is 0 Å². The summed E-state index contributed by atoms with van der Waals surface area (Å²) in [4.78, 5) is 0. The standard InChI is InChI=1S/2Md.3O/q2*+3;3*-2. The summed E-state index contributed by atoms with van der Waals surface area (Å²) < 4.78 is 0. The summed E-state index contributed by atoms with van der Waals surface area (Å²) in [6.07, 6.45) is 0. The van der Waals surface area contributed by atoms with Gasteiger partial charge in [-0.05, 0) is 0 Å². The molecule has 0 saturated heterocycles. The summed E-state index contributed by atoms with van der Waals surface area (Å²) in [6, 6.07) is 0. The van der Waals surface area contributed by atoms with Gasteiger partial charge in [-0.3, -0.25) is 0 Å². The molecule has 0 saturated carbocycles. The minimum atomic E-state index is 0. The molecule has 0 fully saturated rings. The predicted octanol–water partition coefficient (Wildman–Crippen LogP) is -0.356. The van der Waals surface area contributed by atoms with E-state index in [-0.39, 0.29) is 16.4 Å². The monoisotopic (exact) mass is 564 g/mol. The molecule has 5 heavy (non-hydrogen) atoms. The van der Waals surface area contributed by atoms with E-state index < -0.39 is 0 Å². The van der Waals surface area contributed by atoms with Crippen LogP contribution in [0.25, 0.3) is 0 Å². The van der Waals surface area contributed by atoms with E-state index in [2.05, 4.69) is 0 Å². The molecule has 0 aliphatic rings. The fraction of sp³-hybridized carbons (Fsp3) is 0. The van der Waals surface area contributed by atoms with Gasteiger partial charge in [-0.15, -0.1) is 0 Å². The Hall–Kier alpha value is -2.12. The van der Waals surface area contributed by atoms with Gasteiger partial charge in [0, 0.05) is 0 Å². The van der Waals surface area contributed by atoms with E-state index in [1.807, 2.05) is 0 Å². The van der Waals surface area contributed by atoms with Crippen molar-refractivity contribution in [3.8, 4) is 0 Å². The summed E-state index contributed by atoms with van der Waals surface area (Å²) in [5.74, 6) is 0. The molecule has 0 aromatic carbocycles. The van der Waals surface area contributed by atoms with Crippen LogP contribution in [0.1, 0.15) is 0 Å². The topological polar surface area (TPSA) is 85.5 Å². The van der Waals surface area contributed by atoms with Crippen LogP contribution in [0, 0.1) is 0 Å². The van der Waals surface area contributed by atoms with Crippen molar-refractivity contribution in [1.29, 1.82) is 0 Å². The third kappa shape index (κ3) is 0.00602. The van der Waals surface area contributed by atoms with Crippen molar-refractivity contribution < 1.29 is 16.4 Å². The van der Waals surface area contributed by atoms with Crippen molar-refractivity contribution >= 4 is 0 Å². The zero-order valence-electron chi connectivity index (χ0n) is 1.78. The second-order valence-corrected chi connectivity index (χ2v) is 0. The van der Waals surface area contributed by atoms with Gasteiger partial charge in [0.25, 0.3) is 0 Å². The van der Waals surface area contributed by atoms with Gasteiger partial charge in [0.05, 0.1) is 0 Å². The Balaban J connectivity index is 0. The van der Waals surface area contributed by atoms with Crippen LogP contribution < -0.4 is 0 Å². The van der Waals surface area contributed by atoms with Gasteiger partial charge in [-0.1, -0.05) is 0 Å². The maximum absolute atomic E-state index is 0. The minimum absolute atomic E-state index is 0. The summed E-state index contributed by atoms with van der Waals surface area (Å²) >= 11 is 0. The van der Waals surface area contributed by atoms with E-state index in [1.54, 1.807) is 0 Å². The van der Waals surface area contributed by atoms with Gasteiger partial charge >= 0.3 is 0 Å². The molecule has 0 aliphatic carbocycles. The maximum Gasteiger partial charge on any atom is 3.00 e. The quantitative estimate of drug-likeness (QED) is 0.386. The van der Waals surface area contributed by atoms with Crippen molar-refractivity contribution in [2.75, 3.05) is 0 Å². The molecule has 0 atom stereocenters. The second kappa shape index (κ2) is 0.324. The Bertz CT molecular complexity index is 4.85. The average molecular weight is 564 g/mol. The van der Waals surface area contributed by atoms with Gasteiger partial charge in [-0.2, -0.15) is 0 Å². The second-order valence-electron chi connectivity index (χ2n) is 0. The van der Waals surface area contributed by atoms with Crippen molar-refractivity contribution in [3.05, 3.63) is 0 Å². The largest absolute Gasteiger partial charge is 3.00 e. The third-order valence-electron chi connectivity index (χ3n) is 0. The first kappa shape index (κ1) is 2.26. The first-order chi connectivity index (χ1) is 0. The fourth-order valence-electron chi connectivity index (χ4n) is 0. The number of hydrogen-bond donors (Lipinski definition) is 0. The van der Waals surface area contributed by atoms with Gasteiger partial charge in [-0.25, -0.2) is 0 Å². The Morgan fingerprint density at radius 2 is 0.400 bits per heavy atom. The van der Waals surface area contributed by atoms with E-state index in [0.29, 0.717) is 0 Å². The Morgan fingerprint density at radius 1 is 0.400 bits per heavy atom. The normalized spacial score (nSPS) is 0. The molecule has 0 unspecified atom stereocenters. The van der Waals surface area contributed by atoms with E-state index in [1.165, 1.54) is 0 Å². The molecule has 5 heteroatoms. The van der Waals surface area contributed by atoms with Crippen LogP contribution in [0.5, 0.6) is 0 Å². The summed E-state index contributed by atoms with van der Waals surface area (Å²) in [5, 5.41) is 0. The van der Waals surface area contributed by atoms with Crippen LogP contribution in [0.4, 0.5) is 0 Å². The molecule has 0 rings (SSSR count). The van der Waals surface area contributed by atoms with Crippen LogP contribution in [0.2, 0.25) is 0 Å². The molecule has 0 spiro atoms. The molecular weight excluding hydrogens is 564 g/mol. The van der Waals surface area contributed by atoms with Crippen molar-refractivity contribution in [2.24, 2.45) is 0 Å². The smallest absolute Gasteiger partial charge is 2.00 e. The molecule has 0 heterocycles. The van der Waals surface area contributed by atoms with Crippen LogP contribution in [-0.4, -0.2) is 0 Å². The summed E-state index contributed by atoms with van der Waals surface area (Å²) in [5.41, 5.74) is 0. The van der Waals surface area contributed by atoms with Crippen LogP contribution in [0.3, 0.4) is 0 Å². The zero-order valence-corrected chi connectivity index (χ0v) is 6.40. The molecule has 0 aliphatic heterocycles. The van der Waals surface area contributed by atoms with Gasteiger partial charge in [0.2, 0.25) is 0 Å². The molecule has 44 valence electrons. The molecule has 0 radical (unpaired) electrons. The summed E-state index contributed by atoms with van der Waals surface area (Å²) in [6.45, 7) is 0. The zero-order chi connectivity index (χ0) is 0. The maximum atomic E-state index is 0. The molecule has 0 aromatic rings. The Labute approximate surface area is 17.8 Å². The average Bonchev–Trinajstić information content (AvgIpc) is 0. The van der Waals surface area contributed by atoms with Crippen molar-refractivity contribution in [2.45, 2.75) is 0 Å². The molecule has 0 amide bonds. The van der Waals surface area contributed by atoms with Crippen molar-refractivity contribution in [1.82, 2.24) is 0 Å². The van der Waals surface area contributed by atoms with Gasteiger partial charge in [0.15, 0.2) is 0 Å². The Kier molecular flexibility index (Phi) is 0.147. The van der Waals surface area contributed by atoms with Crippen molar-refractivity contribution in [3.63, 3.8) is 0 Å². The first-order valence-electron chi connectivity index (χ1n) is 0. The van der Waals surface area contributed by atoms with Crippen LogP contribution in [0.15, 0.2) is 0 Å². The van der Waals surface area contributed by atoms with E-state index in [0.717, 1.165) is 0 Å². The third-order valence-corrected chi connectivity index (χ3v) is 0. The summed E-state index contributed by atoms with van der Waals surface area (Å²) in [7, 11) is 0. The Morgan fingerprint density at radius 3 is 0.400 bits per heavy atom. The van der Waals surface area contributed by atoms with Gasteiger partial charge in [0.1, 0.15) is 0 Å². The minimum Gasteiger partial charge on any atom is -2.00 e. The van der Waals surface area contributed by atoms with E-state index in [4.69, 9.17) is 0 Å². The van der Waals surface area contributed by atoms with E-state index >= 15 is 0 Å². The first-order valence-corrected chi connectivity index (χ1v) is 0. The van der Waals surface area contributed by atoms with Crippen LogP contribution in [-0.2, 0) is 16.4 Å². The van der Waals surface area contributed by atoms with Gasteiger partial charge < -0.3 is 16.4 Å². The van der Waals surface area contributed by atoms with Crippen LogP contribution >= 0.6 is 0 Å². The molecule has 3 nitrogen and oxygen atoms in total. The SMILES string of the molecule is [Md+3].[Md+3].[O-2].[O-2].[O-2]. The number of rotatable bonds is 0. The predicted molar refractivity (Wildman–Crippen MR) is 2.06 cm³/mol. The molecule has 0 N–H and O–H groups in total. The fourth-order valence-corrected chi connectivity index (χ4v) is 0. The molecular formula is Md2O3.